The zero-order chi connectivity index (χ0) is 52.9. The standard InChI is InChI=1S/C50H84N6O15/c1-14-39-50(10,63)44(60)33(7)53(11)25-28(2)22-49(9,62)45(31(5)43(32(6)46(61)69-39)70-40-24-48(8,66-13)23-30(4)67-40)71-47-42(59)37(21-29(3)68-47)54(12)27-38(57)41(58)36-26-55(52-51-36)20-19-34-15-17-35(18-16-34)56(64)65/h15-18,26,28-33,37-45,47,57-60,62-63H,14,19-25,27H2,1-13H3/t28-,29-,30+,31+,32-,33-,37+,38?,39-,40+,41?,42-,43+,44-,45-,47+,48+,49-,50-/m1/s1. The Hall–Kier alpha value is -3.29. The lowest BCUT2D eigenvalue weighted by Gasteiger charge is -2.48. The van der Waals surface area contributed by atoms with E-state index in [-0.39, 0.29) is 42.8 Å². The van der Waals surface area contributed by atoms with Crippen molar-refractivity contribution in [2.45, 2.75) is 211 Å². The lowest BCUT2D eigenvalue weighted by atomic mass is 9.77. The van der Waals surface area contributed by atoms with Crippen LogP contribution in [-0.2, 0) is 46.2 Å². The number of esters is 1. The molecule has 404 valence electrons. The average molecular weight is 1010 g/mol. The summed E-state index contributed by atoms with van der Waals surface area (Å²) < 4.78 is 39.9. The Bertz CT molecular complexity index is 2010. The molecule has 0 bridgehead atoms. The second-order valence-corrected chi connectivity index (χ2v) is 21.7. The Kier molecular flexibility index (Phi) is 20.1. The zero-order valence-corrected chi connectivity index (χ0v) is 44.0. The highest BCUT2D eigenvalue weighted by atomic mass is 16.7. The Labute approximate surface area is 418 Å². The van der Waals surface area contributed by atoms with Crippen molar-refractivity contribution >= 4 is 11.7 Å². The number of likely N-dealkylation sites (N-methyl/N-ethyl adjacent to an activating group) is 2. The summed E-state index contributed by atoms with van der Waals surface area (Å²) in [6.07, 6.45) is -8.15. The van der Waals surface area contributed by atoms with Crippen molar-refractivity contribution in [1.82, 2.24) is 24.8 Å². The SMILES string of the molecule is CC[C@H]1OC(=O)[C@H](C)[C@@H](O[C@H]2C[C@@](C)(OC)C[C@H](C)O2)[C@H](C)[C@@H](O[C@@H]2O[C@H](C)C[C@H](N(C)CC(O)C(O)c3cn(CCc4ccc([N+](=O)[O-])cc4)nn3)[C@H]2O)[C@](C)(O)C[C@@H](C)CN(C)[C@H](C)[C@@H](O)[C@]1(C)O. The zero-order valence-electron chi connectivity index (χ0n) is 44.0. The number of carbonyl (C=O) groups excluding carboxylic acids is 1. The van der Waals surface area contributed by atoms with Crippen LogP contribution in [0.5, 0.6) is 0 Å². The first-order chi connectivity index (χ1) is 33.1. The van der Waals surface area contributed by atoms with Crippen molar-refractivity contribution in [1.29, 1.82) is 0 Å². The predicted molar refractivity (Wildman–Crippen MR) is 260 cm³/mol. The molecule has 19 atom stereocenters. The molecule has 0 spiro atoms. The van der Waals surface area contributed by atoms with Gasteiger partial charge in [-0.15, -0.1) is 5.10 Å². The number of methoxy groups -OCH3 is 1. The van der Waals surface area contributed by atoms with Gasteiger partial charge in [0.2, 0.25) is 0 Å². The van der Waals surface area contributed by atoms with E-state index in [1.54, 1.807) is 65.8 Å². The first-order valence-corrected chi connectivity index (χ1v) is 25.2. The van der Waals surface area contributed by atoms with Gasteiger partial charge in [-0.3, -0.25) is 24.5 Å². The number of cyclic esters (lactones) is 1. The Balaban J connectivity index is 1.41. The van der Waals surface area contributed by atoms with Gasteiger partial charge in [0.25, 0.3) is 5.69 Å². The number of hydrogen-bond acceptors (Lipinski definition) is 19. The van der Waals surface area contributed by atoms with Gasteiger partial charge in [0.05, 0.1) is 58.8 Å². The fourth-order valence-corrected chi connectivity index (χ4v) is 11.0. The number of rotatable bonds is 15. The minimum Gasteiger partial charge on any atom is -0.459 e. The predicted octanol–water partition coefficient (Wildman–Crippen LogP) is 3.14. The molecule has 0 saturated carbocycles. The molecule has 0 amide bonds. The summed E-state index contributed by atoms with van der Waals surface area (Å²) in [6.45, 7) is 18.4. The molecule has 21 nitrogen and oxygen atoms in total. The third kappa shape index (κ3) is 14.5. The third-order valence-corrected chi connectivity index (χ3v) is 15.3. The molecule has 1 aromatic carbocycles. The molecule has 0 radical (unpaired) electrons. The highest BCUT2D eigenvalue weighted by Gasteiger charge is 2.52. The molecular formula is C50H84N6O15. The number of hydrogen-bond donors (Lipinski definition) is 6. The van der Waals surface area contributed by atoms with E-state index in [1.807, 2.05) is 39.6 Å². The summed E-state index contributed by atoms with van der Waals surface area (Å²) in [5, 5.41) is 90.3. The second-order valence-electron chi connectivity index (χ2n) is 21.7. The lowest BCUT2D eigenvalue weighted by Crippen LogP contribution is -2.60. The molecule has 2 unspecified atom stereocenters. The Morgan fingerprint density at radius 2 is 1.65 bits per heavy atom. The van der Waals surface area contributed by atoms with E-state index in [0.29, 0.717) is 38.8 Å². The molecule has 71 heavy (non-hydrogen) atoms. The van der Waals surface area contributed by atoms with Crippen LogP contribution in [0.2, 0.25) is 0 Å². The first-order valence-electron chi connectivity index (χ1n) is 25.2. The van der Waals surface area contributed by atoms with Crippen LogP contribution in [0, 0.1) is 27.9 Å². The minimum absolute atomic E-state index is 0.0109. The maximum absolute atomic E-state index is 14.5. The largest absolute Gasteiger partial charge is 0.459 e. The molecule has 1 aromatic heterocycles. The molecule has 4 heterocycles. The smallest absolute Gasteiger partial charge is 0.311 e. The van der Waals surface area contributed by atoms with Crippen molar-refractivity contribution in [3.05, 3.63) is 51.8 Å². The Morgan fingerprint density at radius 1 is 0.986 bits per heavy atom. The molecule has 3 aliphatic heterocycles. The van der Waals surface area contributed by atoms with Crippen LogP contribution in [0.1, 0.15) is 119 Å². The Morgan fingerprint density at radius 3 is 2.27 bits per heavy atom. The van der Waals surface area contributed by atoms with Crippen molar-refractivity contribution in [2.75, 3.05) is 34.3 Å². The topological polar surface area (TPSA) is 274 Å². The number of nitro groups is 1. The number of ether oxygens (including phenoxy) is 6. The molecular weight excluding hydrogens is 925 g/mol. The summed E-state index contributed by atoms with van der Waals surface area (Å²) in [4.78, 5) is 28.6. The van der Waals surface area contributed by atoms with Gasteiger partial charge in [0, 0.05) is 69.7 Å². The van der Waals surface area contributed by atoms with Crippen LogP contribution in [0.4, 0.5) is 5.69 Å². The number of aliphatic hydroxyl groups excluding tert-OH is 4. The molecule has 2 aromatic rings. The fourth-order valence-electron chi connectivity index (χ4n) is 11.0. The highest BCUT2D eigenvalue weighted by Crippen LogP contribution is 2.40. The van der Waals surface area contributed by atoms with Crippen LogP contribution in [0.25, 0.3) is 0 Å². The van der Waals surface area contributed by atoms with Crippen molar-refractivity contribution in [2.24, 2.45) is 17.8 Å². The molecule has 3 saturated heterocycles. The van der Waals surface area contributed by atoms with Crippen LogP contribution in [0.15, 0.2) is 30.5 Å². The van der Waals surface area contributed by atoms with Crippen LogP contribution >= 0.6 is 0 Å². The quantitative estimate of drug-likeness (QED) is 0.0850. The number of nitrogens with zero attached hydrogens (tertiary/aromatic N) is 6. The summed E-state index contributed by atoms with van der Waals surface area (Å²) in [5.41, 5.74) is -3.16. The maximum Gasteiger partial charge on any atom is 0.311 e. The number of aryl methyl sites for hydroxylation is 2. The number of nitro benzene ring substituents is 1. The monoisotopic (exact) mass is 1010 g/mol. The third-order valence-electron chi connectivity index (χ3n) is 15.3. The normalized spacial score (nSPS) is 39.3. The van der Waals surface area contributed by atoms with E-state index in [2.05, 4.69) is 10.3 Å². The van der Waals surface area contributed by atoms with Crippen molar-refractivity contribution < 1.29 is 68.8 Å². The second kappa shape index (κ2) is 24.4. The van der Waals surface area contributed by atoms with Crippen LogP contribution < -0.4 is 0 Å². The molecule has 6 N–H and O–H groups in total. The van der Waals surface area contributed by atoms with E-state index in [9.17, 15) is 45.5 Å². The van der Waals surface area contributed by atoms with Gasteiger partial charge in [-0.05, 0) is 99.7 Å². The van der Waals surface area contributed by atoms with Crippen molar-refractivity contribution in [3.8, 4) is 0 Å². The number of non-ortho nitro benzene ring substituents is 1. The van der Waals surface area contributed by atoms with Crippen molar-refractivity contribution in [3.63, 3.8) is 0 Å². The van der Waals surface area contributed by atoms with Crippen LogP contribution in [0.3, 0.4) is 0 Å². The summed E-state index contributed by atoms with van der Waals surface area (Å²) in [6, 6.07) is 4.92. The van der Waals surface area contributed by atoms with E-state index in [1.165, 1.54) is 29.9 Å². The number of benzene rings is 1. The first kappa shape index (κ1) is 58.6. The van der Waals surface area contributed by atoms with Gasteiger partial charge >= 0.3 is 5.97 Å². The lowest BCUT2D eigenvalue weighted by molar-refractivity contribution is -0.384. The molecule has 3 aliphatic rings. The highest BCUT2D eigenvalue weighted by molar-refractivity contribution is 5.73. The number of aromatic nitrogens is 3. The van der Waals surface area contributed by atoms with E-state index < -0.39 is 113 Å². The molecule has 5 rings (SSSR count). The molecule has 0 aliphatic carbocycles. The summed E-state index contributed by atoms with van der Waals surface area (Å²) in [7, 11) is 5.15. The van der Waals surface area contributed by atoms with Gasteiger partial charge in [-0.2, -0.15) is 0 Å². The summed E-state index contributed by atoms with van der Waals surface area (Å²) >= 11 is 0. The van der Waals surface area contributed by atoms with E-state index in [4.69, 9.17) is 28.4 Å². The number of aliphatic hydroxyl groups is 6. The maximum atomic E-state index is 14.5. The van der Waals surface area contributed by atoms with Crippen LogP contribution in [-0.4, -0.2) is 191 Å². The molecule has 3 fully saturated rings. The minimum atomic E-state index is -1.84. The van der Waals surface area contributed by atoms with Gasteiger partial charge in [0.1, 0.15) is 35.7 Å². The number of carbonyl (C=O) groups is 1. The molecule has 21 heteroatoms. The van der Waals surface area contributed by atoms with E-state index in [0.717, 1.165) is 5.56 Å². The fraction of sp³-hybridized carbons (Fsp3) is 0.820. The van der Waals surface area contributed by atoms with Gasteiger partial charge < -0.3 is 64.0 Å². The summed E-state index contributed by atoms with van der Waals surface area (Å²) in [5.74, 6) is -2.81. The van der Waals surface area contributed by atoms with Gasteiger partial charge in [-0.25, -0.2) is 0 Å². The van der Waals surface area contributed by atoms with E-state index >= 15 is 0 Å². The average Bonchev–Trinajstić information content (AvgIpc) is 3.78. The van der Waals surface area contributed by atoms with Gasteiger partial charge in [0.15, 0.2) is 12.6 Å². The van der Waals surface area contributed by atoms with Gasteiger partial charge in [-0.1, -0.05) is 38.1 Å².